The van der Waals surface area contributed by atoms with E-state index in [0.29, 0.717) is 10.9 Å². The van der Waals surface area contributed by atoms with E-state index in [0.717, 1.165) is 5.56 Å². The van der Waals surface area contributed by atoms with Crippen molar-refractivity contribution in [2.75, 3.05) is 6.61 Å². The van der Waals surface area contributed by atoms with Crippen molar-refractivity contribution in [3.05, 3.63) is 75.6 Å². The van der Waals surface area contributed by atoms with E-state index in [4.69, 9.17) is 9.15 Å². The second-order valence-electron chi connectivity index (χ2n) is 6.46. The van der Waals surface area contributed by atoms with Crippen molar-refractivity contribution < 1.29 is 23.8 Å². The van der Waals surface area contributed by atoms with Gasteiger partial charge in [-0.15, -0.1) is 0 Å². The summed E-state index contributed by atoms with van der Waals surface area (Å²) in [7, 11) is 0. The van der Waals surface area contributed by atoms with Gasteiger partial charge in [-0.25, -0.2) is 9.59 Å². The first-order chi connectivity index (χ1) is 13.4. The Morgan fingerprint density at radius 1 is 1.11 bits per heavy atom. The van der Waals surface area contributed by atoms with Gasteiger partial charge in [-0.05, 0) is 31.5 Å². The molecule has 0 fully saturated rings. The predicted molar refractivity (Wildman–Crippen MR) is 103 cm³/mol. The van der Waals surface area contributed by atoms with Gasteiger partial charge < -0.3 is 14.3 Å². The van der Waals surface area contributed by atoms with Crippen LogP contribution in [0.2, 0.25) is 0 Å². The fraction of sp³-hybridized carbons (Fsp3) is 0.227. The van der Waals surface area contributed by atoms with Crippen molar-refractivity contribution in [1.29, 1.82) is 0 Å². The quantitative estimate of drug-likeness (QED) is 0.400. The fourth-order valence-corrected chi connectivity index (χ4v) is 3.12. The van der Waals surface area contributed by atoms with Gasteiger partial charge in [0.15, 0.2) is 0 Å². The van der Waals surface area contributed by atoms with Gasteiger partial charge in [-0.1, -0.05) is 42.0 Å². The molecule has 6 heteroatoms. The van der Waals surface area contributed by atoms with Gasteiger partial charge in [0.05, 0.1) is 17.6 Å². The van der Waals surface area contributed by atoms with Crippen LogP contribution in [0.1, 0.15) is 36.0 Å². The molecule has 2 aromatic carbocycles. The maximum absolute atomic E-state index is 12.7. The number of carbonyl (C=O) groups excluding carboxylic acids is 2. The summed E-state index contributed by atoms with van der Waals surface area (Å²) in [5.74, 6) is -2.85. The van der Waals surface area contributed by atoms with Crippen molar-refractivity contribution in [1.82, 2.24) is 0 Å². The molecule has 0 radical (unpaired) electrons. The van der Waals surface area contributed by atoms with Gasteiger partial charge in [0.2, 0.25) is 5.78 Å². The number of ketones is 1. The summed E-state index contributed by atoms with van der Waals surface area (Å²) < 4.78 is 10.1. The molecule has 0 saturated heterocycles. The van der Waals surface area contributed by atoms with Crippen molar-refractivity contribution >= 4 is 22.7 Å². The first-order valence-corrected chi connectivity index (χ1v) is 8.93. The number of aromatic hydroxyl groups is 1. The smallest absolute Gasteiger partial charge is 0.374 e. The summed E-state index contributed by atoms with van der Waals surface area (Å²) in [5.41, 5.74) is 1.04. The molecular formula is C22H20O6. The average Bonchev–Trinajstić information content (AvgIpc) is 2.68. The number of ether oxygens (including phenoxy) is 1. The lowest BCUT2D eigenvalue weighted by atomic mass is 9.86. The summed E-state index contributed by atoms with van der Waals surface area (Å²) in [6.45, 7) is 3.58. The molecule has 0 saturated carbocycles. The maximum Gasteiger partial charge on any atom is 0.374 e. The third-order valence-electron chi connectivity index (χ3n) is 4.54. The van der Waals surface area contributed by atoms with E-state index in [9.17, 15) is 19.5 Å². The van der Waals surface area contributed by atoms with Gasteiger partial charge in [-0.2, -0.15) is 0 Å². The minimum atomic E-state index is -0.968. The number of fused-ring (bicyclic) bond motifs is 1. The third-order valence-corrected chi connectivity index (χ3v) is 4.54. The Kier molecular flexibility index (Phi) is 5.59. The number of hydrogen-bond donors (Lipinski definition) is 1. The van der Waals surface area contributed by atoms with Crippen LogP contribution < -0.4 is 5.63 Å². The topological polar surface area (TPSA) is 93.8 Å². The Bertz CT molecular complexity index is 1080. The molecule has 0 unspecified atom stereocenters. The van der Waals surface area contributed by atoms with Crippen LogP contribution in [-0.2, 0) is 14.3 Å². The summed E-state index contributed by atoms with van der Waals surface area (Å²) in [5, 5.41) is 11.1. The zero-order valence-electron chi connectivity index (χ0n) is 15.6. The van der Waals surface area contributed by atoms with Crippen molar-refractivity contribution in [3.63, 3.8) is 0 Å². The molecule has 6 nitrogen and oxygen atoms in total. The number of hydrogen-bond acceptors (Lipinski definition) is 6. The Morgan fingerprint density at radius 2 is 1.79 bits per heavy atom. The number of benzene rings is 2. The van der Waals surface area contributed by atoms with Crippen LogP contribution in [0.5, 0.6) is 5.75 Å². The standard InChI is InChI=1S/C22H20O6/c1-3-27-21(25)17(23)12-16(14-10-8-13(2)9-11-14)19-20(24)15-6-4-5-7-18(15)28-22(19)26/h4-11,16,24H,3,12H2,1-2H3/t16-/m1/s1. The normalized spacial score (nSPS) is 11.9. The molecule has 144 valence electrons. The third kappa shape index (κ3) is 3.81. The van der Waals surface area contributed by atoms with E-state index in [1.165, 1.54) is 0 Å². The van der Waals surface area contributed by atoms with Gasteiger partial charge in [0.1, 0.15) is 11.3 Å². The fourth-order valence-electron chi connectivity index (χ4n) is 3.12. The van der Waals surface area contributed by atoms with E-state index >= 15 is 0 Å². The van der Waals surface area contributed by atoms with Gasteiger partial charge >= 0.3 is 11.6 Å². The van der Waals surface area contributed by atoms with Crippen molar-refractivity contribution in [3.8, 4) is 5.75 Å². The molecule has 1 atom stereocenters. The predicted octanol–water partition coefficient (Wildman–Crippen LogP) is 3.46. The van der Waals surface area contributed by atoms with Crippen molar-refractivity contribution in [2.24, 2.45) is 0 Å². The van der Waals surface area contributed by atoms with E-state index in [-0.39, 0.29) is 29.9 Å². The molecule has 0 aliphatic carbocycles. The minimum Gasteiger partial charge on any atom is -0.507 e. The molecule has 3 aromatic rings. The largest absolute Gasteiger partial charge is 0.507 e. The van der Waals surface area contributed by atoms with Crippen LogP contribution in [0.4, 0.5) is 0 Å². The molecule has 1 N–H and O–H groups in total. The summed E-state index contributed by atoms with van der Waals surface area (Å²) in [6, 6.07) is 13.8. The van der Waals surface area contributed by atoms with E-state index in [1.54, 1.807) is 43.3 Å². The van der Waals surface area contributed by atoms with Crippen LogP contribution >= 0.6 is 0 Å². The number of esters is 1. The van der Waals surface area contributed by atoms with Crippen LogP contribution in [0.15, 0.2) is 57.7 Å². The Labute approximate surface area is 161 Å². The maximum atomic E-state index is 12.7. The molecule has 0 bridgehead atoms. The SMILES string of the molecule is CCOC(=O)C(=O)C[C@H](c1ccc(C)cc1)c1c(O)c2ccccc2oc1=O. The monoisotopic (exact) mass is 380 g/mol. The number of aryl methyl sites for hydroxylation is 1. The molecule has 28 heavy (non-hydrogen) atoms. The molecule has 0 amide bonds. The number of rotatable bonds is 6. The number of para-hydroxylation sites is 1. The van der Waals surface area contributed by atoms with Crippen LogP contribution in [0, 0.1) is 6.92 Å². The van der Waals surface area contributed by atoms with Gasteiger partial charge in [0, 0.05) is 12.3 Å². The van der Waals surface area contributed by atoms with Gasteiger partial charge in [0.25, 0.3) is 0 Å². The van der Waals surface area contributed by atoms with Crippen LogP contribution in [0.3, 0.4) is 0 Å². The zero-order valence-corrected chi connectivity index (χ0v) is 15.6. The van der Waals surface area contributed by atoms with Crippen LogP contribution in [-0.4, -0.2) is 23.5 Å². The lowest BCUT2D eigenvalue weighted by Gasteiger charge is -2.18. The lowest BCUT2D eigenvalue weighted by Crippen LogP contribution is -2.23. The van der Waals surface area contributed by atoms with Crippen LogP contribution in [0.25, 0.3) is 11.0 Å². The number of Topliss-reactive ketones (excluding diaryl/α,β-unsaturated/α-hetero) is 1. The highest BCUT2D eigenvalue weighted by Crippen LogP contribution is 2.36. The lowest BCUT2D eigenvalue weighted by molar-refractivity contribution is -0.153. The average molecular weight is 380 g/mol. The highest BCUT2D eigenvalue weighted by molar-refractivity contribution is 6.33. The van der Waals surface area contributed by atoms with E-state index in [1.807, 2.05) is 19.1 Å². The molecule has 0 spiro atoms. The molecule has 0 aliphatic rings. The molecule has 1 heterocycles. The first-order valence-electron chi connectivity index (χ1n) is 8.93. The summed E-state index contributed by atoms with van der Waals surface area (Å²) in [4.78, 5) is 36.9. The Hall–Kier alpha value is -3.41. The Morgan fingerprint density at radius 3 is 2.46 bits per heavy atom. The first kappa shape index (κ1) is 19.4. The molecule has 1 aromatic heterocycles. The van der Waals surface area contributed by atoms with Crippen molar-refractivity contribution in [2.45, 2.75) is 26.2 Å². The highest BCUT2D eigenvalue weighted by Gasteiger charge is 2.29. The zero-order chi connectivity index (χ0) is 20.3. The molecule has 3 rings (SSSR count). The molecular weight excluding hydrogens is 360 g/mol. The summed E-state index contributed by atoms with van der Waals surface area (Å²) >= 11 is 0. The second-order valence-corrected chi connectivity index (χ2v) is 6.46. The molecule has 0 aliphatic heterocycles. The highest BCUT2D eigenvalue weighted by atomic mass is 16.5. The van der Waals surface area contributed by atoms with E-state index < -0.39 is 23.3 Å². The van der Waals surface area contributed by atoms with Gasteiger partial charge in [-0.3, -0.25) is 4.79 Å². The number of carbonyl (C=O) groups is 2. The Balaban J connectivity index is 2.15. The summed E-state index contributed by atoms with van der Waals surface area (Å²) in [6.07, 6.45) is -0.321. The minimum absolute atomic E-state index is 0.0554. The van der Waals surface area contributed by atoms with E-state index in [2.05, 4.69) is 0 Å². The second kappa shape index (κ2) is 8.08.